The van der Waals surface area contributed by atoms with E-state index in [9.17, 15) is 9.59 Å². The Morgan fingerprint density at radius 3 is 2.10 bits per heavy atom. The zero-order valence-corrected chi connectivity index (χ0v) is 24.0. The summed E-state index contributed by atoms with van der Waals surface area (Å²) < 4.78 is 37.9. The van der Waals surface area contributed by atoms with Gasteiger partial charge in [0, 0.05) is 31.8 Å². The number of carbonyl (C=O) groups is 2. The Bertz CT molecular complexity index is 1270. The fourth-order valence-electron chi connectivity index (χ4n) is 4.29. The molecule has 0 spiro atoms. The molecule has 0 aliphatic carbocycles. The highest BCUT2D eigenvalue weighted by atomic mass is 19.1. The van der Waals surface area contributed by atoms with Crippen LogP contribution in [-0.4, -0.2) is 68.0 Å². The predicted molar refractivity (Wildman–Crippen MR) is 146 cm³/mol. The molecule has 10 heteroatoms. The molecule has 1 N–H and O–H groups in total. The largest absolute Gasteiger partial charge is 0.490 e. The van der Waals surface area contributed by atoms with Gasteiger partial charge < -0.3 is 28.7 Å². The number of ether oxygens (including phenoxy) is 4. The number of halogens is 1. The summed E-state index contributed by atoms with van der Waals surface area (Å²) in [6.45, 7) is 12.0. The predicted octanol–water partition coefficient (Wildman–Crippen LogP) is 5.40. The van der Waals surface area contributed by atoms with Crippen molar-refractivity contribution >= 4 is 17.7 Å². The van der Waals surface area contributed by atoms with Crippen molar-refractivity contribution in [3.63, 3.8) is 0 Å². The zero-order chi connectivity index (χ0) is 29.1. The molecule has 212 valence electrons. The van der Waals surface area contributed by atoms with Gasteiger partial charge in [0.25, 0.3) is 0 Å². The lowest BCUT2D eigenvalue weighted by Crippen LogP contribution is -2.31. The van der Waals surface area contributed by atoms with Crippen molar-refractivity contribution in [3.05, 3.63) is 46.3 Å². The van der Waals surface area contributed by atoms with E-state index in [1.54, 1.807) is 53.1 Å². The molecule has 0 radical (unpaired) electrons. The molecule has 0 saturated carbocycles. The van der Waals surface area contributed by atoms with Crippen LogP contribution < -0.4 is 18.9 Å². The van der Waals surface area contributed by atoms with Crippen LogP contribution in [0.4, 0.5) is 9.18 Å². The fraction of sp³-hybridized carbons (Fsp3) is 0.483. The lowest BCUT2D eigenvalue weighted by Gasteiger charge is -2.26. The maximum Gasteiger partial charge on any atom is 0.414 e. The highest BCUT2D eigenvalue weighted by Crippen LogP contribution is 2.41. The number of nitrogens with zero attached hydrogens (tertiary/aromatic N) is 2. The van der Waals surface area contributed by atoms with Crippen LogP contribution in [0.25, 0.3) is 0 Å². The summed E-state index contributed by atoms with van der Waals surface area (Å²) in [5.41, 5.74) is 1.12. The van der Waals surface area contributed by atoms with Crippen molar-refractivity contribution in [2.24, 2.45) is 0 Å². The van der Waals surface area contributed by atoms with Gasteiger partial charge in [-0.05, 0) is 49.9 Å². The van der Waals surface area contributed by atoms with E-state index in [1.807, 2.05) is 20.8 Å². The lowest BCUT2D eigenvalue weighted by molar-refractivity contribution is 0.0962. The second-order valence-electron chi connectivity index (χ2n) is 10.3. The minimum atomic E-state index is -0.668. The van der Waals surface area contributed by atoms with Gasteiger partial charge in [-0.2, -0.15) is 0 Å². The lowest BCUT2D eigenvalue weighted by atomic mass is 9.84. The first kappa shape index (κ1) is 29.7. The van der Waals surface area contributed by atoms with Gasteiger partial charge in [0.15, 0.2) is 34.6 Å². The topological polar surface area (TPSA) is 101 Å². The summed E-state index contributed by atoms with van der Waals surface area (Å²) in [5.74, 6) is -0.284. The molecular weight excluding hydrogens is 505 g/mol. The zero-order valence-electron chi connectivity index (χ0n) is 24.0. The molecule has 1 amide bonds. The van der Waals surface area contributed by atoms with Crippen molar-refractivity contribution < 1.29 is 32.9 Å². The van der Waals surface area contributed by atoms with Crippen LogP contribution in [0.5, 0.6) is 23.0 Å². The maximum absolute atomic E-state index is 15.4. The number of Topliss-reactive ketones (excluding diaryl/α,β-unsaturated/α-hetero) is 1. The fourth-order valence-corrected chi connectivity index (χ4v) is 4.29. The molecule has 9 nitrogen and oxygen atoms in total. The second-order valence-corrected chi connectivity index (χ2v) is 10.3. The second kappa shape index (κ2) is 11.9. The van der Waals surface area contributed by atoms with Crippen LogP contribution >= 0.6 is 0 Å². The first-order valence-electron chi connectivity index (χ1n) is 13.0. The molecule has 3 rings (SSSR count). The number of nitrogens with one attached hydrogen (secondary N) is 1. The van der Waals surface area contributed by atoms with E-state index in [-0.39, 0.29) is 59.9 Å². The first-order chi connectivity index (χ1) is 18.3. The van der Waals surface area contributed by atoms with E-state index in [0.717, 1.165) is 0 Å². The Hall–Kier alpha value is -3.82. The molecule has 1 aliphatic rings. The molecule has 0 saturated heterocycles. The number of amides is 1. The number of hydrogen-bond donors (Lipinski definition) is 1. The van der Waals surface area contributed by atoms with E-state index < -0.39 is 17.3 Å². The van der Waals surface area contributed by atoms with E-state index in [1.165, 1.54) is 9.80 Å². The molecule has 0 aromatic heterocycles. The van der Waals surface area contributed by atoms with Crippen molar-refractivity contribution in [2.75, 3.05) is 40.5 Å². The van der Waals surface area contributed by atoms with E-state index >= 15 is 4.39 Å². The molecule has 0 fully saturated rings. The number of amidine groups is 1. The summed E-state index contributed by atoms with van der Waals surface area (Å²) >= 11 is 0. The number of rotatable bonds is 10. The van der Waals surface area contributed by atoms with Crippen molar-refractivity contribution in [1.82, 2.24) is 9.80 Å². The van der Waals surface area contributed by atoms with Gasteiger partial charge in [0.2, 0.25) is 0 Å². The van der Waals surface area contributed by atoms with Crippen LogP contribution in [-0.2, 0) is 12.0 Å². The Morgan fingerprint density at radius 2 is 1.56 bits per heavy atom. The molecule has 0 unspecified atom stereocenters. The van der Waals surface area contributed by atoms with Gasteiger partial charge in [-0.15, -0.1) is 0 Å². The molecule has 1 heterocycles. The average molecular weight is 544 g/mol. The van der Waals surface area contributed by atoms with Crippen molar-refractivity contribution in [2.45, 2.75) is 53.5 Å². The number of fused-ring (bicyclic) bond motifs is 1. The number of ketones is 1. The minimum Gasteiger partial charge on any atom is -0.490 e. The molecule has 2 aromatic rings. The number of hydrogen-bond acceptors (Lipinski definition) is 7. The van der Waals surface area contributed by atoms with Gasteiger partial charge in [-0.25, -0.2) is 9.18 Å². The Labute approximate surface area is 229 Å². The Morgan fingerprint density at radius 1 is 0.974 bits per heavy atom. The van der Waals surface area contributed by atoms with Crippen molar-refractivity contribution in [3.8, 4) is 23.0 Å². The van der Waals surface area contributed by atoms with Gasteiger partial charge in [-0.3, -0.25) is 10.2 Å². The van der Waals surface area contributed by atoms with E-state index in [2.05, 4.69) is 0 Å². The Balaban J connectivity index is 1.98. The molecule has 1 aliphatic heterocycles. The highest BCUT2D eigenvalue weighted by Gasteiger charge is 2.34. The molecule has 2 aromatic carbocycles. The molecule has 0 bridgehead atoms. The smallest absolute Gasteiger partial charge is 0.414 e. The van der Waals surface area contributed by atoms with Gasteiger partial charge >= 0.3 is 6.09 Å². The normalized spacial score (nSPS) is 12.7. The summed E-state index contributed by atoms with van der Waals surface area (Å²) in [7, 11) is 3.16. The number of carbonyl (C=O) groups excluding carboxylic acids is 2. The number of benzene rings is 2. The van der Waals surface area contributed by atoms with E-state index in [0.29, 0.717) is 29.9 Å². The summed E-state index contributed by atoms with van der Waals surface area (Å²) in [4.78, 5) is 28.8. The van der Waals surface area contributed by atoms with Crippen LogP contribution in [0.1, 0.15) is 68.6 Å². The van der Waals surface area contributed by atoms with Gasteiger partial charge in [0.05, 0.1) is 31.9 Å². The third-order valence-electron chi connectivity index (χ3n) is 6.15. The third kappa shape index (κ3) is 6.26. The summed E-state index contributed by atoms with van der Waals surface area (Å²) in [6, 6.07) is 4.91. The van der Waals surface area contributed by atoms with Gasteiger partial charge in [-0.1, -0.05) is 20.8 Å². The molecule has 0 atom stereocenters. The Kier molecular flexibility index (Phi) is 9.09. The standard InChI is InChI=1S/C29H38FN3O6/c1-9-36-21-13-17(12-19(29(4,5)6)25(21)39-28(35)32(7)8)20(34)16-33-15-18-14-22(37-10-2)26(38-11-3)24(30)23(18)27(33)31/h12-14,31H,9-11,15-16H2,1-8H3. The summed E-state index contributed by atoms with van der Waals surface area (Å²) in [6.07, 6.45) is -0.566. The van der Waals surface area contributed by atoms with Gasteiger partial charge in [0.1, 0.15) is 5.84 Å². The van der Waals surface area contributed by atoms with Crippen LogP contribution in [0.2, 0.25) is 0 Å². The highest BCUT2D eigenvalue weighted by molar-refractivity contribution is 6.06. The minimum absolute atomic E-state index is 0.0324. The average Bonchev–Trinajstić information content (AvgIpc) is 3.16. The quantitative estimate of drug-likeness (QED) is 0.400. The van der Waals surface area contributed by atoms with Crippen LogP contribution in [0.15, 0.2) is 18.2 Å². The SMILES string of the molecule is CCOc1cc(C(=O)CN2Cc3cc(OCC)c(OCC)c(F)c3C2=N)cc(C(C)(C)C)c1OC(=O)N(C)C. The maximum atomic E-state index is 15.4. The van der Waals surface area contributed by atoms with Crippen LogP contribution in [0, 0.1) is 11.2 Å². The molecule has 39 heavy (non-hydrogen) atoms. The van der Waals surface area contributed by atoms with E-state index in [4.69, 9.17) is 24.4 Å². The monoisotopic (exact) mass is 543 g/mol. The summed E-state index contributed by atoms with van der Waals surface area (Å²) in [5, 5.41) is 8.64. The third-order valence-corrected chi connectivity index (χ3v) is 6.15. The van der Waals surface area contributed by atoms with Crippen molar-refractivity contribution in [1.29, 1.82) is 5.41 Å². The van der Waals surface area contributed by atoms with Crippen LogP contribution in [0.3, 0.4) is 0 Å². The molecular formula is C29H38FN3O6. The first-order valence-corrected chi connectivity index (χ1v) is 13.0.